The first kappa shape index (κ1) is 18.3. The van der Waals surface area contributed by atoms with Gasteiger partial charge in [0.2, 0.25) is 5.75 Å². The minimum Gasteiger partial charge on any atom is -0.493 e. The summed E-state index contributed by atoms with van der Waals surface area (Å²) in [6.07, 6.45) is 2.36. The molecule has 138 valence electrons. The van der Waals surface area contributed by atoms with E-state index in [9.17, 15) is 4.79 Å². The van der Waals surface area contributed by atoms with E-state index in [1.807, 2.05) is 24.3 Å². The molecule has 0 aliphatic heterocycles. The van der Waals surface area contributed by atoms with E-state index in [0.717, 1.165) is 35.1 Å². The van der Waals surface area contributed by atoms with Crippen molar-refractivity contribution in [3.63, 3.8) is 0 Å². The fourth-order valence-electron chi connectivity index (χ4n) is 3.29. The number of benzene rings is 2. The third kappa shape index (κ3) is 3.55. The molecule has 2 aromatic rings. The Morgan fingerprint density at radius 3 is 2.42 bits per heavy atom. The number of ketones is 1. The Morgan fingerprint density at radius 1 is 0.962 bits per heavy atom. The Kier molecular flexibility index (Phi) is 5.50. The molecule has 0 saturated carbocycles. The highest BCUT2D eigenvalue weighted by Crippen LogP contribution is 2.45. The highest BCUT2D eigenvalue weighted by molar-refractivity contribution is 6.01. The van der Waals surface area contributed by atoms with Crippen molar-refractivity contribution >= 4 is 5.78 Å². The van der Waals surface area contributed by atoms with Crippen LogP contribution in [0.15, 0.2) is 30.3 Å². The molecule has 4 nitrogen and oxygen atoms in total. The molecule has 0 fully saturated rings. The van der Waals surface area contributed by atoms with Crippen molar-refractivity contribution in [2.24, 2.45) is 5.92 Å². The molecule has 1 aliphatic rings. The molecule has 4 heteroatoms. The number of hydrogen-bond acceptors (Lipinski definition) is 4. The maximum Gasteiger partial charge on any atom is 0.203 e. The van der Waals surface area contributed by atoms with E-state index in [0.29, 0.717) is 36.2 Å². The van der Waals surface area contributed by atoms with Crippen molar-refractivity contribution in [3.05, 3.63) is 41.5 Å². The summed E-state index contributed by atoms with van der Waals surface area (Å²) >= 11 is 0. The minimum atomic E-state index is 0.229. The van der Waals surface area contributed by atoms with Crippen molar-refractivity contribution in [2.75, 3.05) is 20.8 Å². The molecule has 0 saturated heterocycles. The van der Waals surface area contributed by atoms with Gasteiger partial charge in [0, 0.05) is 17.5 Å². The molecule has 0 N–H and O–H groups in total. The summed E-state index contributed by atoms with van der Waals surface area (Å²) in [6, 6.07) is 9.89. The number of carbonyl (C=O) groups excluding carboxylic acids is 1. The Bertz CT molecular complexity index is 808. The van der Waals surface area contributed by atoms with Crippen LogP contribution in [0.1, 0.15) is 42.6 Å². The summed E-state index contributed by atoms with van der Waals surface area (Å²) in [5, 5.41) is 0. The van der Waals surface area contributed by atoms with Gasteiger partial charge < -0.3 is 14.2 Å². The van der Waals surface area contributed by atoms with Crippen LogP contribution in [0.25, 0.3) is 11.1 Å². The lowest BCUT2D eigenvalue weighted by Crippen LogP contribution is -2.05. The van der Waals surface area contributed by atoms with Crippen LogP contribution in [0.5, 0.6) is 17.2 Å². The molecule has 26 heavy (non-hydrogen) atoms. The van der Waals surface area contributed by atoms with Gasteiger partial charge in [0.15, 0.2) is 17.3 Å². The largest absolute Gasteiger partial charge is 0.493 e. The Hall–Kier alpha value is -2.49. The smallest absolute Gasteiger partial charge is 0.203 e. The number of hydrogen-bond donors (Lipinski definition) is 0. The van der Waals surface area contributed by atoms with Crippen LogP contribution >= 0.6 is 0 Å². The number of fused-ring (bicyclic) bond motifs is 1. The first-order valence-electron chi connectivity index (χ1n) is 9.09. The van der Waals surface area contributed by atoms with Crippen LogP contribution in [0.3, 0.4) is 0 Å². The van der Waals surface area contributed by atoms with E-state index < -0.39 is 0 Å². The van der Waals surface area contributed by atoms with Crippen molar-refractivity contribution in [3.8, 4) is 28.4 Å². The predicted octanol–water partition coefficient (Wildman–Crippen LogP) is 4.92. The van der Waals surface area contributed by atoms with E-state index in [1.165, 1.54) is 0 Å². The summed E-state index contributed by atoms with van der Waals surface area (Å²) in [5.74, 6) is 2.72. The highest BCUT2D eigenvalue weighted by Gasteiger charge is 2.22. The Balaban J connectivity index is 2.04. The van der Waals surface area contributed by atoms with E-state index in [1.54, 1.807) is 14.2 Å². The first-order chi connectivity index (χ1) is 12.5. The van der Waals surface area contributed by atoms with Crippen LogP contribution in [0.2, 0.25) is 0 Å². The van der Waals surface area contributed by atoms with Crippen molar-refractivity contribution in [2.45, 2.75) is 33.1 Å². The van der Waals surface area contributed by atoms with Gasteiger partial charge in [-0.25, -0.2) is 0 Å². The van der Waals surface area contributed by atoms with Crippen LogP contribution in [0, 0.1) is 5.92 Å². The summed E-state index contributed by atoms with van der Waals surface area (Å²) in [4.78, 5) is 11.9. The second kappa shape index (κ2) is 7.81. The zero-order valence-corrected chi connectivity index (χ0v) is 15.9. The maximum atomic E-state index is 11.9. The normalized spacial score (nSPS) is 13.0. The number of rotatable bonds is 7. The molecule has 0 unspecified atom stereocenters. The molecule has 0 atom stereocenters. The van der Waals surface area contributed by atoms with E-state index >= 15 is 0 Å². The van der Waals surface area contributed by atoms with Gasteiger partial charge in [-0.3, -0.25) is 4.79 Å². The molecule has 0 amide bonds. The third-order valence-corrected chi connectivity index (χ3v) is 4.78. The lowest BCUT2D eigenvalue weighted by molar-refractivity contribution is 0.0994. The van der Waals surface area contributed by atoms with Gasteiger partial charge in [-0.2, -0.15) is 0 Å². The quantitative estimate of drug-likeness (QED) is 0.707. The second-order valence-corrected chi connectivity index (χ2v) is 7.00. The topological polar surface area (TPSA) is 44.8 Å². The van der Waals surface area contributed by atoms with Crippen molar-refractivity contribution in [1.29, 1.82) is 0 Å². The number of aryl methyl sites for hydroxylation is 1. The monoisotopic (exact) mass is 354 g/mol. The van der Waals surface area contributed by atoms with Gasteiger partial charge >= 0.3 is 0 Å². The molecule has 3 rings (SSSR count). The van der Waals surface area contributed by atoms with Crippen molar-refractivity contribution < 1.29 is 19.0 Å². The van der Waals surface area contributed by atoms with Gasteiger partial charge in [-0.1, -0.05) is 32.0 Å². The minimum absolute atomic E-state index is 0.229. The number of methoxy groups -OCH3 is 2. The third-order valence-electron chi connectivity index (χ3n) is 4.78. The lowest BCUT2D eigenvalue weighted by Gasteiger charge is -2.18. The SMILES string of the molecule is COc1ccc(-c2ccc3c(c2)CCC3=O)c(OCCC(C)C)c1OC. The summed E-state index contributed by atoms with van der Waals surface area (Å²) in [5.41, 5.74) is 3.93. The number of carbonyl (C=O) groups is 1. The van der Waals surface area contributed by atoms with Crippen molar-refractivity contribution in [1.82, 2.24) is 0 Å². The average molecular weight is 354 g/mol. The summed E-state index contributed by atoms with van der Waals surface area (Å²) < 4.78 is 17.2. The molecule has 0 heterocycles. The molecular formula is C22H26O4. The van der Waals surface area contributed by atoms with Crippen LogP contribution in [-0.4, -0.2) is 26.6 Å². The standard InChI is InChI=1S/C22H26O4/c1-14(2)11-12-26-21-18(8-10-20(24-3)22(21)25-4)16-5-7-17-15(13-16)6-9-19(17)23/h5,7-8,10,13-14H,6,9,11-12H2,1-4H3. The fraction of sp³-hybridized carbons (Fsp3) is 0.409. The van der Waals surface area contributed by atoms with E-state index in [-0.39, 0.29) is 5.78 Å². The summed E-state index contributed by atoms with van der Waals surface area (Å²) in [7, 11) is 3.24. The number of Topliss-reactive ketones (excluding diaryl/α,β-unsaturated/α-hetero) is 1. The highest BCUT2D eigenvalue weighted by atomic mass is 16.5. The van der Waals surface area contributed by atoms with Crippen LogP contribution in [-0.2, 0) is 6.42 Å². The van der Waals surface area contributed by atoms with Crippen LogP contribution in [0.4, 0.5) is 0 Å². The first-order valence-corrected chi connectivity index (χ1v) is 9.09. The zero-order valence-electron chi connectivity index (χ0n) is 15.9. The van der Waals surface area contributed by atoms with Crippen LogP contribution < -0.4 is 14.2 Å². The van der Waals surface area contributed by atoms with Gasteiger partial charge in [0.25, 0.3) is 0 Å². The van der Waals surface area contributed by atoms with E-state index in [4.69, 9.17) is 14.2 Å². The zero-order chi connectivity index (χ0) is 18.7. The van der Waals surface area contributed by atoms with E-state index in [2.05, 4.69) is 19.9 Å². The molecule has 0 aromatic heterocycles. The summed E-state index contributed by atoms with van der Waals surface area (Å²) in [6.45, 7) is 4.95. The van der Waals surface area contributed by atoms with Gasteiger partial charge in [0.05, 0.1) is 20.8 Å². The molecule has 0 spiro atoms. The molecule has 1 aliphatic carbocycles. The van der Waals surface area contributed by atoms with Gasteiger partial charge in [-0.15, -0.1) is 0 Å². The van der Waals surface area contributed by atoms with Gasteiger partial charge in [-0.05, 0) is 42.0 Å². The van der Waals surface area contributed by atoms with Gasteiger partial charge in [0.1, 0.15) is 0 Å². The second-order valence-electron chi connectivity index (χ2n) is 7.00. The molecule has 2 aromatic carbocycles. The maximum absolute atomic E-state index is 11.9. The lowest BCUT2D eigenvalue weighted by atomic mass is 9.99. The average Bonchev–Trinajstić information content (AvgIpc) is 3.01. The molecular weight excluding hydrogens is 328 g/mol. The molecule has 0 bridgehead atoms. The molecule has 0 radical (unpaired) electrons. The predicted molar refractivity (Wildman–Crippen MR) is 103 cm³/mol. The Morgan fingerprint density at radius 2 is 1.73 bits per heavy atom. The Labute approximate surface area is 155 Å². The fourth-order valence-corrected chi connectivity index (χ4v) is 3.29. The number of ether oxygens (including phenoxy) is 3.